The summed E-state index contributed by atoms with van der Waals surface area (Å²) in [5.74, 6) is 0.455. The highest BCUT2D eigenvalue weighted by Crippen LogP contribution is 2.24. The van der Waals surface area contributed by atoms with Gasteiger partial charge in [-0.15, -0.1) is 0 Å². The first-order valence-electron chi connectivity index (χ1n) is 5.72. The van der Waals surface area contributed by atoms with Gasteiger partial charge in [0, 0.05) is 23.9 Å². The molecule has 2 heterocycles. The van der Waals surface area contributed by atoms with Gasteiger partial charge in [-0.3, -0.25) is 9.36 Å². The Hall–Kier alpha value is -1.81. The number of hydrogen-bond acceptors (Lipinski definition) is 3. The number of nitrogen functional groups attached to an aromatic ring is 1. The molecular weight excluding hydrogens is 216 g/mol. The van der Waals surface area contributed by atoms with Crippen LogP contribution in [0.25, 0.3) is 10.9 Å². The molecule has 1 saturated heterocycles. The van der Waals surface area contributed by atoms with Crippen molar-refractivity contribution in [3.63, 3.8) is 0 Å². The highest BCUT2D eigenvalue weighted by Gasteiger charge is 2.23. The van der Waals surface area contributed by atoms with Gasteiger partial charge in [0.2, 0.25) is 5.91 Å². The molecule has 1 aromatic carbocycles. The lowest BCUT2D eigenvalue weighted by Gasteiger charge is -2.25. The van der Waals surface area contributed by atoms with Gasteiger partial charge >= 0.3 is 0 Å². The van der Waals surface area contributed by atoms with E-state index >= 15 is 0 Å². The summed E-state index contributed by atoms with van der Waals surface area (Å²) >= 11 is 0. The van der Waals surface area contributed by atoms with Crippen molar-refractivity contribution >= 4 is 22.5 Å². The third-order valence-corrected chi connectivity index (χ3v) is 3.18. The largest absolute Gasteiger partial charge is 0.397 e. The summed E-state index contributed by atoms with van der Waals surface area (Å²) in [7, 11) is 0. The first-order chi connectivity index (χ1) is 8.25. The Morgan fingerprint density at radius 3 is 2.88 bits per heavy atom. The fourth-order valence-corrected chi connectivity index (χ4v) is 2.16. The molecule has 2 aromatic rings. The van der Waals surface area contributed by atoms with Crippen LogP contribution in [0.2, 0.25) is 0 Å². The zero-order chi connectivity index (χ0) is 11.8. The Labute approximate surface area is 99.0 Å². The fraction of sp³-hybridized carbons (Fsp3) is 0.308. The number of benzene rings is 1. The van der Waals surface area contributed by atoms with Gasteiger partial charge < -0.3 is 10.5 Å². The van der Waals surface area contributed by atoms with Crippen LogP contribution in [-0.2, 0) is 4.74 Å². The normalized spacial score (nSPS) is 16.0. The van der Waals surface area contributed by atoms with Crippen LogP contribution in [0.5, 0.6) is 0 Å². The number of nitrogens with zero attached hydrogens (tertiary/aromatic N) is 1. The minimum atomic E-state index is 0.0891. The van der Waals surface area contributed by atoms with Crippen LogP contribution in [0.4, 0.5) is 5.69 Å². The molecule has 0 bridgehead atoms. The second-order valence-corrected chi connectivity index (χ2v) is 4.47. The standard InChI is InChI=1S/C13H14N2O2/c14-11-6-15(12-4-2-1-3-10(11)12)13(16)5-9-7-17-8-9/h1-4,6,9H,5,7-8,14H2. The molecule has 0 atom stereocenters. The van der Waals surface area contributed by atoms with Crippen molar-refractivity contribution < 1.29 is 9.53 Å². The molecule has 2 N–H and O–H groups in total. The molecule has 0 saturated carbocycles. The molecule has 88 valence electrons. The number of fused-ring (bicyclic) bond motifs is 1. The minimum Gasteiger partial charge on any atom is -0.397 e. The van der Waals surface area contributed by atoms with Crippen molar-refractivity contribution in [2.75, 3.05) is 18.9 Å². The van der Waals surface area contributed by atoms with E-state index in [1.54, 1.807) is 10.8 Å². The average Bonchev–Trinajstić information content (AvgIpc) is 2.62. The summed E-state index contributed by atoms with van der Waals surface area (Å²) in [6.07, 6.45) is 2.24. The van der Waals surface area contributed by atoms with E-state index in [4.69, 9.17) is 10.5 Å². The van der Waals surface area contributed by atoms with Crippen LogP contribution in [0, 0.1) is 5.92 Å². The zero-order valence-electron chi connectivity index (χ0n) is 9.43. The van der Waals surface area contributed by atoms with E-state index in [-0.39, 0.29) is 5.91 Å². The molecule has 1 aliphatic rings. The quantitative estimate of drug-likeness (QED) is 0.857. The highest BCUT2D eigenvalue weighted by molar-refractivity contribution is 5.99. The molecule has 1 aromatic heterocycles. The lowest BCUT2D eigenvalue weighted by atomic mass is 10.0. The van der Waals surface area contributed by atoms with Crippen LogP contribution in [0.3, 0.4) is 0 Å². The van der Waals surface area contributed by atoms with Crippen molar-refractivity contribution in [1.29, 1.82) is 0 Å². The number of rotatable bonds is 2. The Morgan fingerprint density at radius 1 is 1.41 bits per heavy atom. The van der Waals surface area contributed by atoms with E-state index in [0.29, 0.717) is 31.2 Å². The van der Waals surface area contributed by atoms with Crippen molar-refractivity contribution in [3.8, 4) is 0 Å². The number of anilines is 1. The lowest BCUT2D eigenvalue weighted by Crippen LogP contribution is -2.31. The molecule has 0 aliphatic carbocycles. The van der Waals surface area contributed by atoms with Crippen LogP contribution in [0.1, 0.15) is 11.2 Å². The number of aromatic nitrogens is 1. The Bertz CT molecular complexity index is 570. The van der Waals surface area contributed by atoms with E-state index in [9.17, 15) is 4.79 Å². The Kier molecular flexibility index (Phi) is 2.37. The minimum absolute atomic E-state index is 0.0891. The summed E-state index contributed by atoms with van der Waals surface area (Å²) in [6.45, 7) is 1.39. The summed E-state index contributed by atoms with van der Waals surface area (Å²) in [5.41, 5.74) is 7.43. The molecule has 0 amide bonds. The maximum Gasteiger partial charge on any atom is 0.231 e. The number of carbonyl (C=O) groups excluding carboxylic acids is 1. The monoisotopic (exact) mass is 230 g/mol. The van der Waals surface area contributed by atoms with Crippen LogP contribution in [-0.4, -0.2) is 23.7 Å². The predicted molar refractivity (Wildman–Crippen MR) is 65.9 cm³/mol. The number of hydrogen-bond donors (Lipinski definition) is 1. The molecule has 3 rings (SSSR count). The van der Waals surface area contributed by atoms with E-state index < -0.39 is 0 Å². The molecule has 17 heavy (non-hydrogen) atoms. The molecule has 0 spiro atoms. The number of nitrogens with two attached hydrogens (primary N) is 1. The number of para-hydroxylation sites is 1. The summed E-state index contributed by atoms with van der Waals surface area (Å²) < 4.78 is 6.73. The Morgan fingerprint density at radius 2 is 2.18 bits per heavy atom. The molecular formula is C13H14N2O2. The smallest absolute Gasteiger partial charge is 0.231 e. The topological polar surface area (TPSA) is 57.2 Å². The molecule has 1 fully saturated rings. The number of ether oxygens (including phenoxy) is 1. The van der Waals surface area contributed by atoms with Crippen molar-refractivity contribution in [2.45, 2.75) is 6.42 Å². The average molecular weight is 230 g/mol. The van der Waals surface area contributed by atoms with Crippen LogP contribution < -0.4 is 5.73 Å². The van der Waals surface area contributed by atoms with Gasteiger partial charge in [0.05, 0.1) is 24.4 Å². The summed E-state index contributed by atoms with van der Waals surface area (Å²) in [5, 5.41) is 0.936. The predicted octanol–water partition coefficient (Wildman–Crippen LogP) is 1.90. The van der Waals surface area contributed by atoms with Crippen molar-refractivity contribution in [1.82, 2.24) is 4.57 Å². The second-order valence-electron chi connectivity index (χ2n) is 4.47. The first kappa shape index (κ1) is 10.4. The van der Waals surface area contributed by atoms with Gasteiger partial charge in [-0.05, 0) is 6.07 Å². The maximum atomic E-state index is 12.1. The third kappa shape index (κ3) is 1.70. The first-order valence-corrected chi connectivity index (χ1v) is 5.72. The third-order valence-electron chi connectivity index (χ3n) is 3.18. The van der Waals surface area contributed by atoms with E-state index in [2.05, 4.69) is 0 Å². The zero-order valence-corrected chi connectivity index (χ0v) is 9.43. The fourth-order valence-electron chi connectivity index (χ4n) is 2.16. The van der Waals surface area contributed by atoms with E-state index in [1.165, 1.54) is 0 Å². The summed E-state index contributed by atoms with van der Waals surface area (Å²) in [6, 6.07) is 7.69. The van der Waals surface area contributed by atoms with Gasteiger partial charge in [-0.25, -0.2) is 0 Å². The van der Waals surface area contributed by atoms with Crippen molar-refractivity contribution in [3.05, 3.63) is 30.5 Å². The van der Waals surface area contributed by atoms with Gasteiger partial charge in [0.15, 0.2) is 0 Å². The maximum absolute atomic E-state index is 12.1. The van der Waals surface area contributed by atoms with Gasteiger partial charge in [-0.2, -0.15) is 0 Å². The van der Waals surface area contributed by atoms with Gasteiger partial charge in [0.1, 0.15) is 0 Å². The van der Waals surface area contributed by atoms with Crippen LogP contribution in [0.15, 0.2) is 30.5 Å². The molecule has 0 unspecified atom stereocenters. The second kappa shape index (κ2) is 3.89. The highest BCUT2D eigenvalue weighted by atomic mass is 16.5. The van der Waals surface area contributed by atoms with E-state index in [1.807, 2.05) is 24.3 Å². The summed E-state index contributed by atoms with van der Waals surface area (Å²) in [4.78, 5) is 12.1. The van der Waals surface area contributed by atoms with Gasteiger partial charge in [0.25, 0.3) is 0 Å². The molecule has 0 radical (unpaired) electrons. The van der Waals surface area contributed by atoms with Crippen molar-refractivity contribution in [2.24, 2.45) is 5.92 Å². The molecule has 1 aliphatic heterocycles. The van der Waals surface area contributed by atoms with Crippen LogP contribution >= 0.6 is 0 Å². The molecule has 4 heteroatoms. The Balaban J connectivity index is 1.96. The SMILES string of the molecule is Nc1cn(C(=O)CC2COC2)c2ccccc12. The number of carbonyl (C=O) groups is 1. The van der Waals surface area contributed by atoms with Gasteiger partial charge in [-0.1, -0.05) is 18.2 Å². The molecule has 4 nitrogen and oxygen atoms in total. The van der Waals surface area contributed by atoms with E-state index in [0.717, 1.165) is 10.9 Å². The lowest BCUT2D eigenvalue weighted by molar-refractivity contribution is -0.0331.